The summed E-state index contributed by atoms with van der Waals surface area (Å²) in [7, 11) is 0. The Morgan fingerprint density at radius 3 is 1.28 bits per heavy atom. The van der Waals surface area contributed by atoms with Gasteiger partial charge in [-0.2, -0.15) is 0 Å². The van der Waals surface area contributed by atoms with E-state index < -0.39 is 0 Å². The van der Waals surface area contributed by atoms with Crippen molar-refractivity contribution in [3.05, 3.63) is 219 Å². The van der Waals surface area contributed by atoms with Gasteiger partial charge in [-0.3, -0.25) is 0 Å². The Hall–Kier alpha value is -7.16. The Labute approximate surface area is 315 Å². The van der Waals surface area contributed by atoms with Crippen LogP contribution >= 0.6 is 0 Å². The highest BCUT2D eigenvalue weighted by molar-refractivity contribution is 6.22. The van der Waals surface area contributed by atoms with Gasteiger partial charge in [-0.15, -0.1) is 0 Å². The maximum Gasteiger partial charge on any atom is 0.0547 e. The van der Waals surface area contributed by atoms with Gasteiger partial charge in [0.2, 0.25) is 0 Å². The highest BCUT2D eigenvalue weighted by Gasteiger charge is 2.19. The van der Waals surface area contributed by atoms with Crippen LogP contribution in [0.5, 0.6) is 0 Å². The molecule has 0 saturated carbocycles. The van der Waals surface area contributed by atoms with Crippen molar-refractivity contribution in [1.29, 1.82) is 0 Å². The maximum absolute atomic E-state index is 2.38. The topological polar surface area (TPSA) is 7.65 Å². The Kier molecular flexibility index (Phi) is 7.85. The number of pyridine rings is 1. The Bertz CT molecular complexity index is 2790. The summed E-state index contributed by atoms with van der Waals surface area (Å²) in [4.78, 5) is 2.35. The molecule has 8 aromatic carbocycles. The molecular weight excluding hydrogens is 653 g/mol. The summed E-state index contributed by atoms with van der Waals surface area (Å²) in [6, 6.07) is 76.5. The lowest BCUT2D eigenvalue weighted by molar-refractivity contribution is 1.25. The number of aromatic nitrogens is 1. The molecule has 254 valence electrons. The lowest BCUT2D eigenvalue weighted by atomic mass is 9.92. The van der Waals surface area contributed by atoms with E-state index in [0.29, 0.717) is 0 Å². The summed E-state index contributed by atoms with van der Waals surface area (Å²) < 4.78 is 2.35. The molecule has 0 bridgehead atoms. The van der Waals surface area contributed by atoms with Gasteiger partial charge in [0.15, 0.2) is 0 Å². The number of rotatable bonds is 7. The first kappa shape index (κ1) is 31.6. The average molecular weight is 689 g/mol. The van der Waals surface area contributed by atoms with E-state index in [1.807, 2.05) is 0 Å². The third-order valence-corrected chi connectivity index (χ3v) is 10.6. The number of nitrogens with zero attached hydrogens (tertiary/aromatic N) is 2. The second kappa shape index (κ2) is 13.4. The molecule has 10 rings (SSSR count). The molecule has 2 heteroatoms. The molecule has 2 heterocycles. The summed E-state index contributed by atoms with van der Waals surface area (Å²) in [5.41, 5.74) is 15.5. The van der Waals surface area contributed by atoms with Crippen LogP contribution in [0.15, 0.2) is 219 Å². The van der Waals surface area contributed by atoms with Gasteiger partial charge in [0.1, 0.15) is 0 Å². The van der Waals surface area contributed by atoms with E-state index in [2.05, 4.69) is 228 Å². The third kappa shape index (κ3) is 5.53. The van der Waals surface area contributed by atoms with Crippen molar-refractivity contribution in [2.75, 3.05) is 4.90 Å². The summed E-state index contributed by atoms with van der Waals surface area (Å²) in [6.07, 6.45) is 2.19. The zero-order valence-corrected chi connectivity index (χ0v) is 29.7. The van der Waals surface area contributed by atoms with Crippen molar-refractivity contribution in [2.45, 2.75) is 0 Å². The predicted octanol–water partition coefficient (Wildman–Crippen LogP) is 14.4. The van der Waals surface area contributed by atoms with Crippen LogP contribution in [-0.2, 0) is 0 Å². The molecule has 2 nitrogen and oxygen atoms in total. The fourth-order valence-electron chi connectivity index (χ4n) is 8.04. The van der Waals surface area contributed by atoms with Crippen LogP contribution in [0.4, 0.5) is 17.1 Å². The normalized spacial score (nSPS) is 11.3. The summed E-state index contributed by atoms with van der Waals surface area (Å²) in [6.45, 7) is 0. The smallest absolute Gasteiger partial charge is 0.0547 e. The van der Waals surface area contributed by atoms with E-state index in [4.69, 9.17) is 0 Å². The molecule has 0 unspecified atom stereocenters. The van der Waals surface area contributed by atoms with E-state index in [-0.39, 0.29) is 0 Å². The molecule has 0 fully saturated rings. The minimum absolute atomic E-state index is 1.10. The summed E-state index contributed by atoms with van der Waals surface area (Å²) >= 11 is 0. The molecule has 0 aliphatic carbocycles. The molecule has 0 aliphatic rings. The molecule has 0 aliphatic heterocycles. The Balaban J connectivity index is 1.10. The van der Waals surface area contributed by atoms with Crippen molar-refractivity contribution in [1.82, 2.24) is 4.40 Å². The summed E-state index contributed by atoms with van der Waals surface area (Å²) in [5.74, 6) is 0. The lowest BCUT2D eigenvalue weighted by Gasteiger charge is -2.26. The Morgan fingerprint density at radius 1 is 0.315 bits per heavy atom. The predicted molar refractivity (Wildman–Crippen MR) is 229 cm³/mol. The SMILES string of the molecule is c1ccc(-c2ccc(N(c3ccc(-c4ccccc4)cc3)c3ccc(-c4cc5c(c(-c6ccccc6)c6ccccn65)c5ccccc45)cc3)cc2)cc1. The van der Waals surface area contributed by atoms with Crippen LogP contribution < -0.4 is 4.90 Å². The van der Waals surface area contributed by atoms with Crippen LogP contribution in [0, 0.1) is 0 Å². The molecule has 54 heavy (non-hydrogen) atoms. The fourth-order valence-corrected chi connectivity index (χ4v) is 8.04. The maximum atomic E-state index is 2.38. The second-order valence-corrected chi connectivity index (χ2v) is 13.8. The number of benzene rings is 8. The standard InChI is InChI=1S/C52H36N2/c1-4-14-37(15-5-1)39-23-29-43(30-24-39)54(44-31-25-40(26-32-44)38-16-6-2-7-17-38)45-33-27-41(28-34-45)48-36-50-52(47-21-11-10-20-46(47)48)51(42-18-8-3-9-19-42)49-22-12-13-35-53(49)50/h1-36H. The van der Waals surface area contributed by atoms with E-state index in [0.717, 1.165) is 17.1 Å². The number of hydrogen-bond acceptors (Lipinski definition) is 1. The van der Waals surface area contributed by atoms with Gasteiger partial charge in [-0.05, 0) is 104 Å². The van der Waals surface area contributed by atoms with E-state index in [1.54, 1.807) is 0 Å². The average Bonchev–Trinajstić information content (AvgIpc) is 3.60. The molecule has 0 saturated heterocycles. The quantitative estimate of drug-likeness (QED) is 0.162. The van der Waals surface area contributed by atoms with Gasteiger partial charge in [-0.1, -0.05) is 158 Å². The zero-order valence-electron chi connectivity index (χ0n) is 29.7. The second-order valence-electron chi connectivity index (χ2n) is 13.8. The van der Waals surface area contributed by atoms with Crippen LogP contribution in [0.3, 0.4) is 0 Å². The van der Waals surface area contributed by atoms with Crippen LogP contribution in [0.25, 0.3) is 71.7 Å². The molecule has 0 atom stereocenters. The highest BCUT2D eigenvalue weighted by Crippen LogP contribution is 2.44. The number of hydrogen-bond donors (Lipinski definition) is 0. The minimum Gasteiger partial charge on any atom is -0.316 e. The third-order valence-electron chi connectivity index (χ3n) is 10.6. The molecule has 2 aromatic heterocycles. The van der Waals surface area contributed by atoms with Crippen LogP contribution in [0.2, 0.25) is 0 Å². The minimum atomic E-state index is 1.10. The van der Waals surface area contributed by atoms with Gasteiger partial charge in [-0.25, -0.2) is 0 Å². The zero-order chi connectivity index (χ0) is 35.8. The number of fused-ring (bicyclic) bond motifs is 5. The first-order chi connectivity index (χ1) is 26.8. The van der Waals surface area contributed by atoms with Crippen molar-refractivity contribution >= 4 is 44.3 Å². The Morgan fingerprint density at radius 2 is 0.741 bits per heavy atom. The van der Waals surface area contributed by atoms with E-state index in [1.165, 1.54) is 71.7 Å². The monoisotopic (exact) mass is 688 g/mol. The molecule has 0 radical (unpaired) electrons. The van der Waals surface area contributed by atoms with Crippen molar-refractivity contribution in [2.24, 2.45) is 0 Å². The van der Waals surface area contributed by atoms with Gasteiger partial charge in [0.05, 0.1) is 11.0 Å². The highest BCUT2D eigenvalue weighted by atomic mass is 15.1. The van der Waals surface area contributed by atoms with Gasteiger partial charge in [0, 0.05) is 34.2 Å². The van der Waals surface area contributed by atoms with Crippen LogP contribution in [-0.4, -0.2) is 4.40 Å². The molecule has 10 aromatic rings. The first-order valence-electron chi connectivity index (χ1n) is 18.5. The number of anilines is 3. The largest absolute Gasteiger partial charge is 0.316 e. The molecular formula is C52H36N2. The molecule has 0 N–H and O–H groups in total. The van der Waals surface area contributed by atoms with E-state index in [9.17, 15) is 0 Å². The van der Waals surface area contributed by atoms with Crippen molar-refractivity contribution < 1.29 is 0 Å². The van der Waals surface area contributed by atoms with Crippen molar-refractivity contribution in [3.63, 3.8) is 0 Å². The van der Waals surface area contributed by atoms with Gasteiger partial charge < -0.3 is 9.30 Å². The molecule has 0 amide bonds. The first-order valence-corrected chi connectivity index (χ1v) is 18.5. The molecule has 0 spiro atoms. The van der Waals surface area contributed by atoms with Gasteiger partial charge in [0.25, 0.3) is 0 Å². The van der Waals surface area contributed by atoms with Crippen LogP contribution in [0.1, 0.15) is 0 Å². The fraction of sp³-hybridized carbons (Fsp3) is 0. The lowest BCUT2D eigenvalue weighted by Crippen LogP contribution is -2.09. The van der Waals surface area contributed by atoms with Gasteiger partial charge >= 0.3 is 0 Å². The van der Waals surface area contributed by atoms with Crippen molar-refractivity contribution in [3.8, 4) is 44.5 Å². The summed E-state index contributed by atoms with van der Waals surface area (Å²) in [5, 5.41) is 3.79. The van der Waals surface area contributed by atoms with E-state index >= 15 is 0 Å².